The highest BCUT2D eigenvalue weighted by Gasteiger charge is 2.14. The van der Waals surface area contributed by atoms with Gasteiger partial charge in [0.15, 0.2) is 0 Å². The summed E-state index contributed by atoms with van der Waals surface area (Å²) < 4.78 is 0. The number of rotatable bonds is 4. The van der Waals surface area contributed by atoms with Crippen LogP contribution in [0.3, 0.4) is 0 Å². The lowest BCUT2D eigenvalue weighted by Gasteiger charge is -2.09. The molecule has 0 fully saturated rings. The fourth-order valence-corrected chi connectivity index (χ4v) is 2.00. The monoisotopic (exact) mass is 293 g/mol. The Morgan fingerprint density at radius 1 is 1.40 bits per heavy atom. The van der Waals surface area contributed by atoms with Crippen LogP contribution in [0.1, 0.15) is 19.2 Å². The number of nitrogens with one attached hydrogen (secondary N) is 1. The Bertz CT molecular complexity index is 652. The van der Waals surface area contributed by atoms with Gasteiger partial charge in [0, 0.05) is 17.5 Å². The van der Waals surface area contributed by atoms with Crippen molar-refractivity contribution in [2.24, 2.45) is 5.73 Å². The van der Waals surface area contributed by atoms with E-state index in [1.54, 1.807) is 24.3 Å². The zero-order valence-corrected chi connectivity index (χ0v) is 11.8. The molecule has 0 bridgehead atoms. The van der Waals surface area contributed by atoms with E-state index in [-0.39, 0.29) is 17.5 Å². The van der Waals surface area contributed by atoms with E-state index in [4.69, 9.17) is 17.3 Å². The third kappa shape index (κ3) is 3.18. The lowest BCUT2D eigenvalue weighted by molar-refractivity contribution is 0.448. The molecule has 0 saturated carbocycles. The third-order valence-electron chi connectivity index (χ3n) is 3.06. The number of aromatic nitrogens is 2. The van der Waals surface area contributed by atoms with Gasteiger partial charge in [0.1, 0.15) is 11.4 Å². The van der Waals surface area contributed by atoms with Gasteiger partial charge in [-0.1, -0.05) is 30.7 Å². The molecular formula is C14H16ClN3O2. The van der Waals surface area contributed by atoms with Crippen molar-refractivity contribution in [2.45, 2.75) is 25.8 Å². The van der Waals surface area contributed by atoms with Crippen molar-refractivity contribution < 1.29 is 5.11 Å². The standard InChI is InChI=1S/C14H16ClN3O2/c1-2-10(16)7-11-17-13(19)12(14(20)18-11)8-3-5-9(15)6-4-8/h3-6,10H,2,7,16H2,1H3,(H2,17,18,19,20). The molecule has 20 heavy (non-hydrogen) atoms. The van der Waals surface area contributed by atoms with Crippen LogP contribution >= 0.6 is 11.6 Å². The van der Waals surface area contributed by atoms with Gasteiger partial charge in [0.25, 0.3) is 5.56 Å². The maximum atomic E-state index is 12.1. The molecule has 1 heterocycles. The van der Waals surface area contributed by atoms with E-state index in [9.17, 15) is 9.90 Å². The zero-order valence-electron chi connectivity index (χ0n) is 11.1. The number of hydrogen-bond donors (Lipinski definition) is 3. The van der Waals surface area contributed by atoms with E-state index in [2.05, 4.69) is 9.97 Å². The van der Waals surface area contributed by atoms with Crippen LogP contribution in [0.5, 0.6) is 5.88 Å². The number of hydrogen-bond acceptors (Lipinski definition) is 4. The molecular weight excluding hydrogens is 278 g/mol. The van der Waals surface area contributed by atoms with Crippen molar-refractivity contribution in [3.8, 4) is 17.0 Å². The number of nitrogens with two attached hydrogens (primary N) is 1. The number of aromatic hydroxyl groups is 1. The summed E-state index contributed by atoms with van der Waals surface area (Å²) in [4.78, 5) is 18.7. The van der Waals surface area contributed by atoms with Gasteiger partial charge < -0.3 is 15.8 Å². The van der Waals surface area contributed by atoms with Crippen molar-refractivity contribution in [2.75, 3.05) is 0 Å². The minimum absolute atomic E-state index is 0.0982. The summed E-state index contributed by atoms with van der Waals surface area (Å²) >= 11 is 5.80. The maximum absolute atomic E-state index is 12.1. The van der Waals surface area contributed by atoms with E-state index in [1.807, 2.05) is 6.92 Å². The number of nitrogens with zero attached hydrogens (tertiary/aromatic N) is 1. The molecule has 106 valence electrons. The first-order valence-electron chi connectivity index (χ1n) is 6.35. The Kier molecular flexibility index (Phi) is 4.42. The fourth-order valence-electron chi connectivity index (χ4n) is 1.87. The molecule has 1 aromatic heterocycles. The van der Waals surface area contributed by atoms with E-state index in [1.165, 1.54) is 0 Å². The second-order valence-electron chi connectivity index (χ2n) is 4.59. The van der Waals surface area contributed by atoms with Gasteiger partial charge in [0.05, 0.1) is 0 Å². The van der Waals surface area contributed by atoms with Crippen molar-refractivity contribution in [1.29, 1.82) is 0 Å². The van der Waals surface area contributed by atoms with Crippen molar-refractivity contribution >= 4 is 11.6 Å². The van der Waals surface area contributed by atoms with Crippen LogP contribution in [-0.4, -0.2) is 21.1 Å². The molecule has 2 aromatic rings. The molecule has 0 amide bonds. The number of halogens is 1. The van der Waals surface area contributed by atoms with Gasteiger partial charge in [-0.25, -0.2) is 0 Å². The van der Waals surface area contributed by atoms with Crippen molar-refractivity contribution in [3.05, 3.63) is 45.5 Å². The Labute approximate surface area is 121 Å². The first-order valence-corrected chi connectivity index (χ1v) is 6.72. The maximum Gasteiger partial charge on any atom is 0.262 e. The second-order valence-corrected chi connectivity index (χ2v) is 5.03. The van der Waals surface area contributed by atoms with Gasteiger partial charge in [-0.3, -0.25) is 4.79 Å². The summed E-state index contributed by atoms with van der Waals surface area (Å²) in [7, 11) is 0. The molecule has 0 saturated heterocycles. The van der Waals surface area contributed by atoms with Crippen LogP contribution in [-0.2, 0) is 6.42 Å². The Morgan fingerprint density at radius 2 is 2.05 bits per heavy atom. The minimum atomic E-state index is -0.391. The molecule has 1 aromatic carbocycles. The predicted octanol–water partition coefficient (Wildman–Crippen LogP) is 2.08. The predicted molar refractivity (Wildman–Crippen MR) is 78.9 cm³/mol. The van der Waals surface area contributed by atoms with E-state index < -0.39 is 5.56 Å². The van der Waals surface area contributed by atoms with Gasteiger partial charge in [-0.2, -0.15) is 4.98 Å². The first-order chi connectivity index (χ1) is 9.51. The highest BCUT2D eigenvalue weighted by atomic mass is 35.5. The fraction of sp³-hybridized carbons (Fsp3) is 0.286. The topological polar surface area (TPSA) is 92.0 Å². The molecule has 2 rings (SSSR count). The average molecular weight is 294 g/mol. The lowest BCUT2D eigenvalue weighted by Crippen LogP contribution is -2.25. The molecule has 1 atom stereocenters. The van der Waals surface area contributed by atoms with E-state index in [0.29, 0.717) is 22.8 Å². The van der Waals surface area contributed by atoms with Gasteiger partial charge >= 0.3 is 0 Å². The molecule has 0 spiro atoms. The normalized spacial score (nSPS) is 12.3. The summed E-state index contributed by atoms with van der Waals surface area (Å²) in [5, 5.41) is 10.5. The largest absolute Gasteiger partial charge is 0.493 e. The number of H-pyrrole nitrogens is 1. The second kappa shape index (κ2) is 6.07. The third-order valence-corrected chi connectivity index (χ3v) is 3.31. The summed E-state index contributed by atoms with van der Waals surface area (Å²) in [5.41, 5.74) is 6.12. The molecule has 0 radical (unpaired) electrons. The van der Waals surface area contributed by atoms with Crippen LogP contribution in [0.4, 0.5) is 0 Å². The van der Waals surface area contributed by atoms with Gasteiger partial charge in [-0.15, -0.1) is 0 Å². The highest BCUT2D eigenvalue weighted by Crippen LogP contribution is 2.24. The molecule has 1 unspecified atom stereocenters. The molecule has 0 aliphatic heterocycles. The van der Waals surface area contributed by atoms with Crippen LogP contribution in [0, 0.1) is 0 Å². The molecule has 0 aliphatic rings. The summed E-state index contributed by atoms with van der Waals surface area (Å²) in [6, 6.07) is 6.52. The molecule has 6 heteroatoms. The van der Waals surface area contributed by atoms with Crippen LogP contribution < -0.4 is 11.3 Å². The van der Waals surface area contributed by atoms with Crippen molar-refractivity contribution in [3.63, 3.8) is 0 Å². The van der Waals surface area contributed by atoms with E-state index in [0.717, 1.165) is 6.42 Å². The van der Waals surface area contributed by atoms with Crippen LogP contribution in [0.15, 0.2) is 29.1 Å². The Morgan fingerprint density at radius 3 is 2.60 bits per heavy atom. The molecule has 0 aliphatic carbocycles. The lowest BCUT2D eigenvalue weighted by atomic mass is 10.1. The number of aromatic amines is 1. The number of benzene rings is 1. The summed E-state index contributed by atoms with van der Waals surface area (Å²) in [6.45, 7) is 1.95. The highest BCUT2D eigenvalue weighted by molar-refractivity contribution is 6.30. The van der Waals surface area contributed by atoms with E-state index >= 15 is 0 Å². The zero-order chi connectivity index (χ0) is 14.7. The van der Waals surface area contributed by atoms with Gasteiger partial charge in [-0.05, 0) is 24.1 Å². The molecule has 5 nitrogen and oxygen atoms in total. The quantitative estimate of drug-likeness (QED) is 0.804. The summed E-state index contributed by atoms with van der Waals surface area (Å²) in [6.07, 6.45) is 1.18. The van der Waals surface area contributed by atoms with Crippen LogP contribution in [0.25, 0.3) is 11.1 Å². The smallest absolute Gasteiger partial charge is 0.262 e. The SMILES string of the molecule is CCC(N)Cc1nc(O)c(-c2ccc(Cl)cc2)c(=O)[nH]1. The van der Waals surface area contributed by atoms with Crippen LogP contribution in [0.2, 0.25) is 5.02 Å². The first kappa shape index (κ1) is 14.6. The average Bonchev–Trinajstić information content (AvgIpc) is 2.40. The Hall–Kier alpha value is -1.85. The minimum Gasteiger partial charge on any atom is -0.493 e. The van der Waals surface area contributed by atoms with Crippen molar-refractivity contribution in [1.82, 2.24) is 9.97 Å². The summed E-state index contributed by atoms with van der Waals surface area (Å²) in [5.74, 6) is 0.0916. The molecule has 4 N–H and O–H groups in total. The Balaban J connectivity index is 2.41. The van der Waals surface area contributed by atoms with Gasteiger partial charge in [0.2, 0.25) is 5.88 Å².